The van der Waals surface area contributed by atoms with Crippen LogP contribution in [0.1, 0.15) is 49.3 Å². The van der Waals surface area contributed by atoms with Gasteiger partial charge in [0.25, 0.3) is 0 Å². The third-order valence-electron chi connectivity index (χ3n) is 4.58. The van der Waals surface area contributed by atoms with Gasteiger partial charge in [-0.3, -0.25) is 0 Å². The standard InChI is InChI=1S/C16H27N3O/c1-11-9-10-19-16(17)13(11)14(18-2)15(20-3)12-7-5-4-6-8-12/h9-10,12,14-15,18H,4-8H2,1-3H3,(H2,17,19). The van der Waals surface area contributed by atoms with Crippen LogP contribution in [0.5, 0.6) is 0 Å². The van der Waals surface area contributed by atoms with E-state index in [1.54, 1.807) is 6.20 Å². The Morgan fingerprint density at radius 2 is 2.05 bits per heavy atom. The lowest BCUT2D eigenvalue weighted by Crippen LogP contribution is -2.38. The third-order valence-corrected chi connectivity index (χ3v) is 4.58. The number of likely N-dealkylation sites (N-methyl/N-ethyl adjacent to an activating group) is 1. The second kappa shape index (κ2) is 7.04. The van der Waals surface area contributed by atoms with Crippen LogP contribution >= 0.6 is 0 Å². The van der Waals surface area contributed by atoms with Crippen LogP contribution in [-0.4, -0.2) is 25.2 Å². The molecule has 1 heterocycles. The molecular weight excluding hydrogens is 250 g/mol. The number of nitrogen functional groups attached to an aromatic ring is 1. The van der Waals surface area contributed by atoms with Crippen molar-refractivity contribution in [3.05, 3.63) is 23.4 Å². The van der Waals surface area contributed by atoms with Crippen molar-refractivity contribution < 1.29 is 4.74 Å². The Balaban J connectivity index is 2.29. The molecular formula is C16H27N3O. The van der Waals surface area contributed by atoms with E-state index in [4.69, 9.17) is 10.5 Å². The smallest absolute Gasteiger partial charge is 0.128 e. The number of rotatable bonds is 5. The van der Waals surface area contributed by atoms with Crippen molar-refractivity contribution in [3.63, 3.8) is 0 Å². The van der Waals surface area contributed by atoms with Gasteiger partial charge in [-0.25, -0.2) is 4.98 Å². The molecule has 2 rings (SSSR count). The lowest BCUT2D eigenvalue weighted by atomic mass is 9.80. The van der Waals surface area contributed by atoms with Crippen LogP contribution < -0.4 is 11.1 Å². The maximum Gasteiger partial charge on any atom is 0.128 e. The molecule has 1 fully saturated rings. The summed E-state index contributed by atoms with van der Waals surface area (Å²) in [6, 6.07) is 2.13. The number of nitrogens with zero attached hydrogens (tertiary/aromatic N) is 1. The molecule has 1 aromatic heterocycles. The van der Waals surface area contributed by atoms with Gasteiger partial charge in [-0.2, -0.15) is 0 Å². The van der Waals surface area contributed by atoms with Crippen LogP contribution in [0.2, 0.25) is 0 Å². The summed E-state index contributed by atoms with van der Waals surface area (Å²) >= 11 is 0. The molecule has 0 saturated heterocycles. The van der Waals surface area contributed by atoms with Crippen LogP contribution in [-0.2, 0) is 4.74 Å². The highest BCUT2D eigenvalue weighted by Gasteiger charge is 2.32. The largest absolute Gasteiger partial charge is 0.383 e. The van der Waals surface area contributed by atoms with E-state index in [1.807, 2.05) is 20.2 Å². The molecule has 2 unspecified atom stereocenters. The number of anilines is 1. The first kappa shape index (κ1) is 15.3. The predicted octanol–water partition coefficient (Wildman–Crippen LogP) is 2.83. The SMILES string of the molecule is CNC(c1c(C)ccnc1N)C(OC)C1CCCCC1. The Labute approximate surface area is 122 Å². The van der Waals surface area contributed by atoms with Gasteiger partial charge in [0.05, 0.1) is 12.1 Å². The van der Waals surface area contributed by atoms with Gasteiger partial charge < -0.3 is 15.8 Å². The maximum absolute atomic E-state index is 6.11. The Morgan fingerprint density at radius 3 is 2.60 bits per heavy atom. The molecule has 0 bridgehead atoms. The Bertz CT molecular complexity index is 409. The zero-order chi connectivity index (χ0) is 14.5. The number of hydrogen-bond donors (Lipinski definition) is 2. The van der Waals surface area contributed by atoms with E-state index in [9.17, 15) is 0 Å². The van der Waals surface area contributed by atoms with Crippen molar-refractivity contribution in [2.45, 2.75) is 51.2 Å². The van der Waals surface area contributed by atoms with Crippen molar-refractivity contribution in [2.75, 3.05) is 19.9 Å². The first-order chi connectivity index (χ1) is 9.69. The van der Waals surface area contributed by atoms with Crippen molar-refractivity contribution >= 4 is 5.82 Å². The average molecular weight is 277 g/mol. The maximum atomic E-state index is 6.11. The Hall–Kier alpha value is -1.13. The second-order valence-electron chi connectivity index (χ2n) is 5.79. The van der Waals surface area contributed by atoms with Crippen molar-refractivity contribution in [3.8, 4) is 0 Å². The Morgan fingerprint density at radius 1 is 1.35 bits per heavy atom. The van der Waals surface area contributed by atoms with E-state index >= 15 is 0 Å². The quantitative estimate of drug-likeness (QED) is 0.869. The summed E-state index contributed by atoms with van der Waals surface area (Å²) < 4.78 is 5.86. The first-order valence-electron chi connectivity index (χ1n) is 7.60. The van der Waals surface area contributed by atoms with Crippen LogP contribution in [0.15, 0.2) is 12.3 Å². The molecule has 1 aliphatic carbocycles. The van der Waals surface area contributed by atoms with Crippen molar-refractivity contribution in [1.82, 2.24) is 10.3 Å². The minimum atomic E-state index is 0.108. The third kappa shape index (κ3) is 3.13. The van der Waals surface area contributed by atoms with Gasteiger partial charge in [0.1, 0.15) is 5.82 Å². The summed E-state index contributed by atoms with van der Waals surface area (Å²) in [5.41, 5.74) is 8.38. The molecule has 20 heavy (non-hydrogen) atoms. The van der Waals surface area contributed by atoms with Gasteiger partial charge in [-0.15, -0.1) is 0 Å². The van der Waals surface area contributed by atoms with E-state index in [0.717, 1.165) is 5.56 Å². The summed E-state index contributed by atoms with van der Waals surface area (Å²) in [7, 11) is 3.79. The lowest BCUT2D eigenvalue weighted by molar-refractivity contribution is 0.00937. The molecule has 0 aliphatic heterocycles. The number of nitrogens with one attached hydrogen (secondary N) is 1. The van der Waals surface area contributed by atoms with Gasteiger partial charge in [0.15, 0.2) is 0 Å². The van der Waals surface area contributed by atoms with E-state index < -0.39 is 0 Å². The molecule has 1 aliphatic rings. The van der Waals surface area contributed by atoms with E-state index in [0.29, 0.717) is 11.7 Å². The number of aromatic nitrogens is 1. The molecule has 4 heteroatoms. The zero-order valence-corrected chi connectivity index (χ0v) is 12.9. The first-order valence-corrected chi connectivity index (χ1v) is 7.60. The van der Waals surface area contributed by atoms with E-state index in [1.165, 1.54) is 37.7 Å². The van der Waals surface area contributed by atoms with Crippen LogP contribution in [0.4, 0.5) is 5.82 Å². The highest BCUT2D eigenvalue weighted by atomic mass is 16.5. The normalized spacial score (nSPS) is 19.8. The van der Waals surface area contributed by atoms with Gasteiger partial charge in [-0.05, 0) is 44.4 Å². The highest BCUT2D eigenvalue weighted by Crippen LogP contribution is 2.36. The fraction of sp³-hybridized carbons (Fsp3) is 0.688. The summed E-state index contributed by atoms with van der Waals surface area (Å²) in [6.45, 7) is 2.09. The number of pyridine rings is 1. The zero-order valence-electron chi connectivity index (χ0n) is 12.9. The monoisotopic (exact) mass is 277 g/mol. The minimum Gasteiger partial charge on any atom is -0.383 e. The second-order valence-corrected chi connectivity index (χ2v) is 5.79. The van der Waals surface area contributed by atoms with Crippen LogP contribution in [0.25, 0.3) is 0 Å². The van der Waals surface area contributed by atoms with Crippen molar-refractivity contribution in [1.29, 1.82) is 0 Å². The van der Waals surface area contributed by atoms with Gasteiger partial charge in [0, 0.05) is 18.9 Å². The fourth-order valence-corrected chi connectivity index (χ4v) is 3.53. The average Bonchev–Trinajstić information content (AvgIpc) is 2.47. The molecule has 3 N–H and O–H groups in total. The molecule has 0 aromatic carbocycles. The van der Waals surface area contributed by atoms with E-state index in [-0.39, 0.29) is 12.1 Å². The molecule has 0 spiro atoms. The van der Waals surface area contributed by atoms with Crippen LogP contribution in [0.3, 0.4) is 0 Å². The highest BCUT2D eigenvalue weighted by molar-refractivity contribution is 5.46. The Kier molecular flexibility index (Phi) is 5.38. The number of methoxy groups -OCH3 is 1. The molecule has 0 amide bonds. The lowest BCUT2D eigenvalue weighted by Gasteiger charge is -2.35. The van der Waals surface area contributed by atoms with Gasteiger partial charge >= 0.3 is 0 Å². The summed E-state index contributed by atoms with van der Waals surface area (Å²) in [5.74, 6) is 1.22. The molecule has 112 valence electrons. The van der Waals surface area contributed by atoms with Crippen molar-refractivity contribution in [2.24, 2.45) is 5.92 Å². The molecule has 0 radical (unpaired) electrons. The molecule has 4 nitrogen and oxygen atoms in total. The number of ether oxygens (including phenoxy) is 1. The molecule has 1 aromatic rings. The minimum absolute atomic E-state index is 0.108. The number of nitrogens with two attached hydrogens (primary N) is 1. The summed E-state index contributed by atoms with van der Waals surface area (Å²) in [4.78, 5) is 4.25. The summed E-state index contributed by atoms with van der Waals surface area (Å²) in [5, 5.41) is 3.40. The van der Waals surface area contributed by atoms with E-state index in [2.05, 4.69) is 17.2 Å². The fourth-order valence-electron chi connectivity index (χ4n) is 3.53. The topological polar surface area (TPSA) is 60.2 Å². The molecule has 2 atom stereocenters. The molecule has 1 saturated carbocycles. The van der Waals surface area contributed by atoms with Gasteiger partial charge in [-0.1, -0.05) is 19.3 Å². The summed E-state index contributed by atoms with van der Waals surface area (Å²) in [6.07, 6.45) is 8.39. The van der Waals surface area contributed by atoms with Crippen LogP contribution in [0, 0.1) is 12.8 Å². The number of hydrogen-bond acceptors (Lipinski definition) is 4. The number of aryl methyl sites for hydroxylation is 1. The predicted molar refractivity (Wildman–Crippen MR) is 82.6 cm³/mol. The van der Waals surface area contributed by atoms with Gasteiger partial charge in [0.2, 0.25) is 0 Å².